The summed E-state index contributed by atoms with van der Waals surface area (Å²) < 4.78 is 28.5. The lowest BCUT2D eigenvalue weighted by Crippen LogP contribution is -2.26. The minimum atomic E-state index is -2.84. The van der Waals surface area contributed by atoms with Crippen LogP contribution in [0.4, 0.5) is 8.78 Å². The van der Waals surface area contributed by atoms with Gasteiger partial charge in [-0.1, -0.05) is 30.3 Å². The Balaban J connectivity index is 1.51. The number of hydrogen-bond donors (Lipinski definition) is 1. The average Bonchev–Trinajstić information content (AvgIpc) is 3.14. The lowest BCUT2D eigenvalue weighted by Gasteiger charge is -2.06. The third-order valence-electron chi connectivity index (χ3n) is 3.56. The normalized spacial score (nSPS) is 10.7. The first kappa shape index (κ1) is 17.5. The van der Waals surface area contributed by atoms with Crippen LogP contribution in [0.15, 0.2) is 60.8 Å². The van der Waals surface area contributed by atoms with E-state index in [2.05, 4.69) is 20.3 Å². The van der Waals surface area contributed by atoms with Crippen LogP contribution in [0.5, 0.6) is 5.75 Å². The first-order chi connectivity index (χ1) is 12.6. The Morgan fingerprint density at radius 1 is 1.12 bits per heavy atom. The van der Waals surface area contributed by atoms with Crippen molar-refractivity contribution in [3.05, 3.63) is 72.1 Å². The summed E-state index contributed by atoms with van der Waals surface area (Å²) in [5, 5.41) is 11.0. The standard InChI is InChI=1S/C18H16F2N4O2/c19-18(20)26-15-8-6-13(7-9-15)10-11-21-17(25)16-12-22-24(23-16)14-4-2-1-3-5-14/h1-9,12,18H,10-11H2,(H,21,25). The third-order valence-corrected chi connectivity index (χ3v) is 3.56. The largest absolute Gasteiger partial charge is 0.435 e. The van der Waals surface area contributed by atoms with Crippen LogP contribution in [0.3, 0.4) is 0 Å². The lowest BCUT2D eigenvalue weighted by molar-refractivity contribution is -0.0498. The second kappa shape index (κ2) is 8.19. The molecule has 0 saturated heterocycles. The van der Waals surface area contributed by atoms with Crippen LogP contribution in [0.2, 0.25) is 0 Å². The highest BCUT2D eigenvalue weighted by atomic mass is 19.3. The molecule has 2 aromatic carbocycles. The molecule has 0 fully saturated rings. The molecule has 0 unspecified atom stereocenters. The summed E-state index contributed by atoms with van der Waals surface area (Å²) in [6.07, 6.45) is 1.95. The molecule has 0 bridgehead atoms. The van der Waals surface area contributed by atoms with E-state index >= 15 is 0 Å². The van der Waals surface area contributed by atoms with Crippen LogP contribution in [0.25, 0.3) is 5.69 Å². The van der Waals surface area contributed by atoms with Gasteiger partial charge in [0.2, 0.25) is 0 Å². The number of hydrogen-bond acceptors (Lipinski definition) is 4. The Morgan fingerprint density at radius 3 is 2.54 bits per heavy atom. The number of carbonyl (C=O) groups is 1. The molecule has 134 valence electrons. The second-order valence-electron chi connectivity index (χ2n) is 5.38. The molecule has 8 heteroatoms. The fraction of sp³-hybridized carbons (Fsp3) is 0.167. The summed E-state index contributed by atoms with van der Waals surface area (Å²) in [4.78, 5) is 13.5. The molecule has 1 N–H and O–H groups in total. The van der Waals surface area contributed by atoms with Gasteiger partial charge in [-0.15, -0.1) is 5.10 Å². The maximum absolute atomic E-state index is 12.1. The zero-order chi connectivity index (χ0) is 18.4. The van der Waals surface area contributed by atoms with Gasteiger partial charge in [-0.2, -0.15) is 18.7 Å². The number of benzene rings is 2. The molecule has 0 aliphatic carbocycles. The summed E-state index contributed by atoms with van der Waals surface area (Å²) in [5.41, 5.74) is 1.87. The first-order valence-corrected chi connectivity index (χ1v) is 7.91. The predicted octanol–water partition coefficient (Wildman–Crippen LogP) is 2.84. The summed E-state index contributed by atoms with van der Waals surface area (Å²) in [7, 11) is 0. The van der Waals surface area contributed by atoms with E-state index in [1.165, 1.54) is 23.1 Å². The number of aromatic nitrogens is 3. The van der Waals surface area contributed by atoms with Gasteiger partial charge in [0.1, 0.15) is 5.75 Å². The van der Waals surface area contributed by atoms with Gasteiger partial charge in [0.25, 0.3) is 5.91 Å². The summed E-state index contributed by atoms with van der Waals surface area (Å²) >= 11 is 0. The molecule has 0 aliphatic heterocycles. The summed E-state index contributed by atoms with van der Waals surface area (Å²) in [6.45, 7) is -2.46. The molecule has 0 radical (unpaired) electrons. The highest BCUT2D eigenvalue weighted by molar-refractivity contribution is 5.91. The first-order valence-electron chi connectivity index (χ1n) is 7.91. The molecule has 0 saturated carbocycles. The fourth-order valence-corrected chi connectivity index (χ4v) is 2.30. The van der Waals surface area contributed by atoms with E-state index in [9.17, 15) is 13.6 Å². The molecular weight excluding hydrogens is 342 g/mol. The SMILES string of the molecule is O=C(NCCc1ccc(OC(F)F)cc1)c1cnn(-c2ccccc2)n1. The number of amides is 1. The minimum absolute atomic E-state index is 0.102. The molecule has 1 heterocycles. The summed E-state index contributed by atoms with van der Waals surface area (Å²) in [6, 6.07) is 15.6. The summed E-state index contributed by atoms with van der Waals surface area (Å²) in [5.74, 6) is -0.227. The number of carbonyl (C=O) groups excluding carboxylic acids is 1. The Hall–Kier alpha value is -3.29. The van der Waals surface area contributed by atoms with Crippen LogP contribution < -0.4 is 10.1 Å². The van der Waals surface area contributed by atoms with Crippen molar-refractivity contribution >= 4 is 5.91 Å². The highest BCUT2D eigenvalue weighted by Gasteiger charge is 2.11. The molecule has 26 heavy (non-hydrogen) atoms. The Bertz CT molecular complexity index is 851. The number of para-hydroxylation sites is 1. The van der Waals surface area contributed by atoms with Crippen molar-refractivity contribution in [2.45, 2.75) is 13.0 Å². The predicted molar refractivity (Wildman–Crippen MR) is 90.5 cm³/mol. The highest BCUT2D eigenvalue weighted by Crippen LogP contribution is 2.15. The quantitative estimate of drug-likeness (QED) is 0.705. The molecule has 3 rings (SSSR count). The van der Waals surface area contributed by atoms with Crippen molar-refractivity contribution in [3.8, 4) is 11.4 Å². The third kappa shape index (κ3) is 4.62. The molecule has 6 nitrogen and oxygen atoms in total. The van der Waals surface area contributed by atoms with Crippen molar-refractivity contribution < 1.29 is 18.3 Å². The van der Waals surface area contributed by atoms with E-state index in [0.717, 1.165) is 11.3 Å². The van der Waals surface area contributed by atoms with Gasteiger partial charge in [-0.3, -0.25) is 4.79 Å². The van der Waals surface area contributed by atoms with E-state index in [0.29, 0.717) is 13.0 Å². The van der Waals surface area contributed by atoms with Crippen LogP contribution in [-0.4, -0.2) is 34.1 Å². The van der Waals surface area contributed by atoms with Gasteiger partial charge in [-0.05, 0) is 36.2 Å². The van der Waals surface area contributed by atoms with E-state index < -0.39 is 6.61 Å². The van der Waals surface area contributed by atoms with E-state index in [4.69, 9.17) is 0 Å². The molecule has 0 atom stereocenters. The molecular formula is C18H16F2N4O2. The number of nitrogens with one attached hydrogen (secondary N) is 1. The van der Waals surface area contributed by atoms with Crippen molar-refractivity contribution in [2.75, 3.05) is 6.54 Å². The van der Waals surface area contributed by atoms with E-state index in [-0.39, 0.29) is 17.4 Å². The van der Waals surface area contributed by atoms with Crippen LogP contribution in [-0.2, 0) is 6.42 Å². The number of halogens is 2. The van der Waals surface area contributed by atoms with Crippen molar-refractivity contribution in [2.24, 2.45) is 0 Å². The maximum atomic E-state index is 12.1. The van der Waals surface area contributed by atoms with Crippen molar-refractivity contribution in [1.29, 1.82) is 0 Å². The van der Waals surface area contributed by atoms with Crippen LogP contribution >= 0.6 is 0 Å². The molecule has 1 amide bonds. The fourth-order valence-electron chi connectivity index (χ4n) is 2.30. The monoisotopic (exact) mass is 358 g/mol. The zero-order valence-electron chi connectivity index (χ0n) is 13.7. The maximum Gasteiger partial charge on any atom is 0.387 e. The van der Waals surface area contributed by atoms with E-state index in [1.807, 2.05) is 30.3 Å². The number of rotatable bonds is 7. The number of ether oxygens (including phenoxy) is 1. The number of nitrogens with zero attached hydrogens (tertiary/aromatic N) is 3. The van der Waals surface area contributed by atoms with Crippen molar-refractivity contribution in [1.82, 2.24) is 20.3 Å². The van der Waals surface area contributed by atoms with Crippen LogP contribution in [0.1, 0.15) is 16.1 Å². The van der Waals surface area contributed by atoms with Crippen LogP contribution in [0, 0.1) is 0 Å². The van der Waals surface area contributed by atoms with Gasteiger partial charge in [-0.25, -0.2) is 0 Å². The molecule has 1 aromatic heterocycles. The minimum Gasteiger partial charge on any atom is -0.435 e. The van der Waals surface area contributed by atoms with Gasteiger partial charge in [0, 0.05) is 6.54 Å². The average molecular weight is 358 g/mol. The zero-order valence-corrected chi connectivity index (χ0v) is 13.7. The molecule has 0 aliphatic rings. The van der Waals surface area contributed by atoms with Gasteiger partial charge in [0.05, 0.1) is 11.9 Å². The Labute approximate surface area is 148 Å². The lowest BCUT2D eigenvalue weighted by atomic mass is 10.1. The molecule has 0 spiro atoms. The van der Waals surface area contributed by atoms with Gasteiger partial charge < -0.3 is 10.1 Å². The Morgan fingerprint density at radius 2 is 1.85 bits per heavy atom. The Kier molecular flexibility index (Phi) is 5.52. The number of alkyl halides is 2. The van der Waals surface area contributed by atoms with Crippen molar-refractivity contribution in [3.63, 3.8) is 0 Å². The second-order valence-corrected chi connectivity index (χ2v) is 5.38. The smallest absolute Gasteiger partial charge is 0.387 e. The molecule has 3 aromatic rings. The van der Waals surface area contributed by atoms with E-state index in [1.54, 1.807) is 12.1 Å². The topological polar surface area (TPSA) is 69.0 Å². The van der Waals surface area contributed by atoms with Gasteiger partial charge >= 0.3 is 6.61 Å². The van der Waals surface area contributed by atoms with Gasteiger partial charge in [0.15, 0.2) is 5.69 Å².